The van der Waals surface area contributed by atoms with Crippen LogP contribution in [0, 0.1) is 0 Å². The van der Waals surface area contributed by atoms with Gasteiger partial charge in [0, 0.05) is 29.7 Å². The Kier molecular flexibility index (Phi) is 6.43. The number of amides is 3. The third-order valence-corrected chi connectivity index (χ3v) is 4.63. The molecule has 2 aromatic carbocycles. The predicted molar refractivity (Wildman–Crippen MR) is 113 cm³/mol. The Morgan fingerprint density at radius 1 is 1.16 bits per heavy atom. The molecular formula is C22H21F3N4O2. The van der Waals surface area contributed by atoms with Gasteiger partial charge in [0.2, 0.25) is 5.91 Å². The molecule has 1 heterocycles. The van der Waals surface area contributed by atoms with E-state index in [-0.39, 0.29) is 19.0 Å². The van der Waals surface area contributed by atoms with E-state index in [4.69, 9.17) is 0 Å². The van der Waals surface area contributed by atoms with Gasteiger partial charge in [0.1, 0.15) is 6.54 Å². The zero-order valence-electron chi connectivity index (χ0n) is 17.0. The number of nitrogens with zero attached hydrogens (tertiary/aromatic N) is 2. The standard InChI is InChI=1S/C22H21F3N4O2/c1-3-18(26-4-2)17-11-14(12-29-13-20(30)28-21(29)31)5-10-19(17)27-16-8-6-15(7-9-16)22(23,24)25/h3-11,27H,12-13H2,1-2H3,(H,28,30,31)/b18-3-,26-4?. The van der Waals surface area contributed by atoms with Crippen molar-refractivity contribution in [1.29, 1.82) is 0 Å². The lowest BCUT2D eigenvalue weighted by Crippen LogP contribution is -2.27. The molecule has 6 nitrogen and oxygen atoms in total. The van der Waals surface area contributed by atoms with Crippen LogP contribution in [-0.2, 0) is 17.5 Å². The van der Waals surface area contributed by atoms with Crippen molar-refractivity contribution in [2.24, 2.45) is 4.99 Å². The molecule has 0 aliphatic carbocycles. The van der Waals surface area contributed by atoms with Gasteiger partial charge in [-0.3, -0.25) is 15.1 Å². The van der Waals surface area contributed by atoms with Gasteiger partial charge in [0.15, 0.2) is 0 Å². The molecule has 0 bridgehead atoms. The van der Waals surface area contributed by atoms with Gasteiger partial charge in [0.25, 0.3) is 0 Å². The zero-order chi connectivity index (χ0) is 22.6. The van der Waals surface area contributed by atoms with Crippen LogP contribution in [0.3, 0.4) is 0 Å². The summed E-state index contributed by atoms with van der Waals surface area (Å²) in [4.78, 5) is 29.0. The fraction of sp³-hybridized carbons (Fsp3) is 0.227. The van der Waals surface area contributed by atoms with Crippen LogP contribution in [0.4, 0.5) is 29.3 Å². The third kappa shape index (κ3) is 5.30. The van der Waals surface area contributed by atoms with Crippen LogP contribution in [-0.4, -0.2) is 29.6 Å². The number of halogens is 3. The van der Waals surface area contributed by atoms with Crippen molar-refractivity contribution < 1.29 is 22.8 Å². The molecule has 3 amide bonds. The molecule has 0 spiro atoms. The van der Waals surface area contributed by atoms with Gasteiger partial charge in [-0.05, 0) is 55.8 Å². The second-order valence-electron chi connectivity index (χ2n) is 6.85. The molecule has 1 fully saturated rings. The Balaban J connectivity index is 1.91. The number of nitrogens with one attached hydrogen (secondary N) is 2. The highest BCUT2D eigenvalue weighted by atomic mass is 19.4. The molecule has 1 saturated heterocycles. The van der Waals surface area contributed by atoms with Gasteiger partial charge < -0.3 is 10.2 Å². The van der Waals surface area contributed by atoms with E-state index in [1.54, 1.807) is 25.3 Å². The van der Waals surface area contributed by atoms with Crippen molar-refractivity contribution in [3.8, 4) is 0 Å². The molecule has 0 unspecified atom stereocenters. The fourth-order valence-corrected chi connectivity index (χ4v) is 3.18. The number of carbonyl (C=O) groups excluding carboxylic acids is 2. The number of hydrogen-bond acceptors (Lipinski definition) is 4. The Morgan fingerprint density at radius 2 is 1.87 bits per heavy atom. The number of anilines is 2. The topological polar surface area (TPSA) is 73.8 Å². The second-order valence-corrected chi connectivity index (χ2v) is 6.85. The first kappa shape index (κ1) is 22.1. The Bertz CT molecular complexity index is 1040. The van der Waals surface area contributed by atoms with Crippen LogP contribution < -0.4 is 10.6 Å². The second kappa shape index (κ2) is 9.03. The van der Waals surface area contributed by atoms with Gasteiger partial charge in [-0.25, -0.2) is 4.79 Å². The Morgan fingerprint density at radius 3 is 2.42 bits per heavy atom. The summed E-state index contributed by atoms with van der Waals surface area (Å²) in [6.45, 7) is 3.82. The summed E-state index contributed by atoms with van der Waals surface area (Å²) in [5.41, 5.74) is 2.55. The number of rotatable bonds is 6. The maximum atomic E-state index is 12.8. The van der Waals surface area contributed by atoms with E-state index < -0.39 is 17.8 Å². The average Bonchev–Trinajstić information content (AvgIpc) is 3.03. The summed E-state index contributed by atoms with van der Waals surface area (Å²) in [6.07, 6.45) is -0.956. The van der Waals surface area contributed by atoms with E-state index in [0.29, 0.717) is 22.6 Å². The van der Waals surface area contributed by atoms with E-state index in [1.807, 2.05) is 19.1 Å². The summed E-state index contributed by atoms with van der Waals surface area (Å²) in [5, 5.41) is 5.37. The van der Waals surface area contributed by atoms with Gasteiger partial charge >= 0.3 is 12.2 Å². The van der Waals surface area contributed by atoms with Crippen LogP contribution in [0.5, 0.6) is 0 Å². The molecule has 31 heavy (non-hydrogen) atoms. The van der Waals surface area contributed by atoms with E-state index in [0.717, 1.165) is 17.7 Å². The van der Waals surface area contributed by atoms with Crippen molar-refractivity contribution >= 4 is 35.2 Å². The molecule has 0 radical (unpaired) electrons. The molecule has 3 rings (SSSR count). The average molecular weight is 430 g/mol. The summed E-state index contributed by atoms with van der Waals surface area (Å²) >= 11 is 0. The van der Waals surface area contributed by atoms with Crippen LogP contribution in [0.15, 0.2) is 53.5 Å². The fourth-order valence-electron chi connectivity index (χ4n) is 3.18. The number of imide groups is 1. The van der Waals surface area contributed by atoms with E-state index in [1.165, 1.54) is 17.0 Å². The molecule has 9 heteroatoms. The third-order valence-electron chi connectivity index (χ3n) is 4.63. The molecule has 2 N–H and O–H groups in total. The van der Waals surface area contributed by atoms with Crippen LogP contribution in [0.2, 0.25) is 0 Å². The molecule has 0 atom stereocenters. The Hall–Kier alpha value is -3.62. The maximum Gasteiger partial charge on any atom is 0.416 e. The van der Waals surface area contributed by atoms with Gasteiger partial charge in [0.05, 0.1) is 11.3 Å². The SMILES string of the molecule is CC=N/C(=C\C)c1cc(CN2CC(=O)NC2=O)ccc1Nc1ccc(C(F)(F)F)cc1. The van der Waals surface area contributed by atoms with Crippen LogP contribution in [0.25, 0.3) is 5.70 Å². The lowest BCUT2D eigenvalue weighted by atomic mass is 10.0. The number of allylic oxidation sites excluding steroid dienone is 1. The smallest absolute Gasteiger partial charge is 0.355 e. The molecule has 2 aromatic rings. The molecule has 162 valence electrons. The number of urea groups is 1. The molecule has 0 saturated carbocycles. The van der Waals surface area contributed by atoms with Crippen molar-refractivity contribution in [2.45, 2.75) is 26.6 Å². The minimum Gasteiger partial charge on any atom is -0.355 e. The summed E-state index contributed by atoms with van der Waals surface area (Å²) < 4.78 is 38.4. The number of benzene rings is 2. The molecule has 1 aliphatic rings. The minimum atomic E-state index is -4.40. The number of hydrogen-bond donors (Lipinski definition) is 2. The molecular weight excluding hydrogens is 409 g/mol. The predicted octanol–water partition coefficient (Wildman–Crippen LogP) is 4.95. The summed E-state index contributed by atoms with van der Waals surface area (Å²) in [6, 6.07) is 9.70. The van der Waals surface area contributed by atoms with Gasteiger partial charge in [-0.1, -0.05) is 12.1 Å². The largest absolute Gasteiger partial charge is 0.416 e. The molecule has 1 aliphatic heterocycles. The minimum absolute atomic E-state index is 0.0106. The highest BCUT2D eigenvalue weighted by Gasteiger charge is 2.30. The number of alkyl halides is 3. The van der Waals surface area contributed by atoms with Crippen molar-refractivity contribution in [3.63, 3.8) is 0 Å². The highest BCUT2D eigenvalue weighted by molar-refractivity contribution is 6.01. The number of aliphatic imine (C=N–C) groups is 1. The van der Waals surface area contributed by atoms with Crippen molar-refractivity contribution in [2.75, 3.05) is 11.9 Å². The quantitative estimate of drug-likeness (QED) is 0.503. The van der Waals surface area contributed by atoms with E-state index in [2.05, 4.69) is 15.6 Å². The molecule has 0 aromatic heterocycles. The summed E-state index contributed by atoms with van der Waals surface area (Å²) in [7, 11) is 0. The van der Waals surface area contributed by atoms with Crippen molar-refractivity contribution in [1.82, 2.24) is 10.2 Å². The Labute approximate surface area is 177 Å². The van der Waals surface area contributed by atoms with Crippen LogP contribution in [0.1, 0.15) is 30.5 Å². The first-order chi connectivity index (χ1) is 14.7. The maximum absolute atomic E-state index is 12.8. The van der Waals surface area contributed by atoms with E-state index in [9.17, 15) is 22.8 Å². The highest BCUT2D eigenvalue weighted by Crippen LogP contribution is 2.32. The van der Waals surface area contributed by atoms with E-state index >= 15 is 0 Å². The summed E-state index contributed by atoms with van der Waals surface area (Å²) in [5.74, 6) is -0.351. The van der Waals surface area contributed by atoms with Crippen molar-refractivity contribution in [3.05, 3.63) is 65.2 Å². The van der Waals surface area contributed by atoms with Gasteiger partial charge in [-0.2, -0.15) is 13.2 Å². The normalized spacial score (nSPS) is 15.0. The van der Waals surface area contributed by atoms with Gasteiger partial charge in [-0.15, -0.1) is 0 Å². The lowest BCUT2D eigenvalue weighted by Gasteiger charge is -2.17. The number of carbonyl (C=O) groups is 2. The lowest BCUT2D eigenvalue weighted by molar-refractivity contribution is -0.137. The zero-order valence-corrected chi connectivity index (χ0v) is 17.0. The first-order valence-corrected chi connectivity index (χ1v) is 9.52. The first-order valence-electron chi connectivity index (χ1n) is 9.52. The van der Waals surface area contributed by atoms with Crippen LogP contribution >= 0.6 is 0 Å². The monoisotopic (exact) mass is 430 g/mol.